The molecule has 0 atom stereocenters. The summed E-state index contributed by atoms with van der Waals surface area (Å²) >= 11 is 0. The number of piperidine rings is 1. The van der Waals surface area contributed by atoms with Gasteiger partial charge in [0.25, 0.3) is 0 Å². The van der Waals surface area contributed by atoms with Crippen molar-refractivity contribution in [3.63, 3.8) is 0 Å². The van der Waals surface area contributed by atoms with Gasteiger partial charge in [0.05, 0.1) is 0 Å². The van der Waals surface area contributed by atoms with Gasteiger partial charge < -0.3 is 10.0 Å². The Morgan fingerprint density at radius 1 is 1.25 bits per heavy atom. The van der Waals surface area contributed by atoms with Crippen molar-refractivity contribution >= 4 is 11.9 Å². The van der Waals surface area contributed by atoms with Crippen molar-refractivity contribution in [2.75, 3.05) is 13.1 Å². The van der Waals surface area contributed by atoms with E-state index in [1.165, 1.54) is 23.1 Å². The molecular formula is C11H12F3N3O3. The summed E-state index contributed by atoms with van der Waals surface area (Å²) in [6, 6.07) is 1.54. The summed E-state index contributed by atoms with van der Waals surface area (Å²) in [5.41, 5.74) is -1.40. The highest BCUT2D eigenvalue weighted by atomic mass is 19.4. The molecule has 1 amide bonds. The second-order valence-corrected chi connectivity index (χ2v) is 4.58. The minimum atomic E-state index is -4.94. The Morgan fingerprint density at radius 2 is 1.85 bits per heavy atom. The van der Waals surface area contributed by atoms with Gasteiger partial charge in [0, 0.05) is 38.3 Å². The van der Waals surface area contributed by atoms with Gasteiger partial charge in [-0.2, -0.15) is 18.3 Å². The zero-order valence-corrected chi connectivity index (χ0v) is 10.3. The molecule has 1 aromatic rings. The Balaban J connectivity index is 2.16. The lowest BCUT2D eigenvalue weighted by molar-refractivity contribution is -0.188. The van der Waals surface area contributed by atoms with Crippen molar-refractivity contribution in [2.45, 2.75) is 24.6 Å². The fourth-order valence-electron chi connectivity index (χ4n) is 2.32. The van der Waals surface area contributed by atoms with Crippen molar-refractivity contribution in [1.29, 1.82) is 0 Å². The number of rotatable bonds is 2. The SMILES string of the molecule is O=C(N1CCC(C(=O)O)(n2cccn2)CC1)C(F)(F)F. The molecule has 20 heavy (non-hydrogen) atoms. The Kier molecular flexibility index (Phi) is 3.45. The van der Waals surface area contributed by atoms with E-state index in [9.17, 15) is 27.9 Å². The van der Waals surface area contributed by atoms with Gasteiger partial charge in [-0.15, -0.1) is 0 Å². The molecule has 1 saturated heterocycles. The second kappa shape index (κ2) is 4.80. The molecule has 1 aliphatic rings. The first-order chi connectivity index (χ1) is 9.27. The van der Waals surface area contributed by atoms with Crippen LogP contribution in [-0.4, -0.2) is 50.9 Å². The maximum Gasteiger partial charge on any atom is 0.471 e. The van der Waals surface area contributed by atoms with E-state index < -0.39 is 23.6 Å². The fourth-order valence-corrected chi connectivity index (χ4v) is 2.32. The van der Waals surface area contributed by atoms with E-state index in [0.717, 1.165) is 0 Å². The summed E-state index contributed by atoms with van der Waals surface area (Å²) in [6.07, 6.45) is -2.32. The molecule has 0 unspecified atom stereocenters. The molecule has 110 valence electrons. The summed E-state index contributed by atoms with van der Waals surface area (Å²) in [5.74, 6) is -3.10. The zero-order chi connectivity index (χ0) is 15.0. The number of alkyl halides is 3. The van der Waals surface area contributed by atoms with Crippen LogP contribution in [0.25, 0.3) is 0 Å². The minimum Gasteiger partial charge on any atom is -0.479 e. The first-order valence-electron chi connectivity index (χ1n) is 5.87. The molecule has 2 heterocycles. The average molecular weight is 291 g/mol. The van der Waals surface area contributed by atoms with Gasteiger partial charge in [0.1, 0.15) is 0 Å². The number of hydrogen-bond acceptors (Lipinski definition) is 3. The fraction of sp³-hybridized carbons (Fsp3) is 0.545. The molecule has 9 heteroatoms. The Labute approximate surface area is 111 Å². The van der Waals surface area contributed by atoms with Crippen molar-refractivity contribution in [3.8, 4) is 0 Å². The third-order valence-corrected chi connectivity index (χ3v) is 3.46. The van der Waals surface area contributed by atoms with E-state index in [1.54, 1.807) is 0 Å². The number of carbonyl (C=O) groups is 2. The third kappa shape index (κ3) is 2.35. The van der Waals surface area contributed by atoms with Gasteiger partial charge in [0.15, 0.2) is 5.54 Å². The van der Waals surface area contributed by atoms with Crippen molar-refractivity contribution < 1.29 is 27.9 Å². The standard InChI is InChI=1S/C11H12F3N3O3/c12-11(13,14)8(18)16-6-2-10(3-7-16,9(19)20)17-5-1-4-15-17/h1,4-5H,2-3,6-7H2,(H,19,20). The first-order valence-corrected chi connectivity index (χ1v) is 5.87. The third-order valence-electron chi connectivity index (χ3n) is 3.46. The molecule has 2 rings (SSSR count). The van der Waals surface area contributed by atoms with Gasteiger partial charge in [-0.05, 0) is 6.07 Å². The smallest absolute Gasteiger partial charge is 0.471 e. The van der Waals surface area contributed by atoms with Crippen LogP contribution in [0.15, 0.2) is 18.5 Å². The highest BCUT2D eigenvalue weighted by molar-refractivity contribution is 5.83. The monoisotopic (exact) mass is 291 g/mol. The molecule has 1 N–H and O–H groups in total. The summed E-state index contributed by atoms with van der Waals surface area (Å²) in [5, 5.41) is 13.2. The summed E-state index contributed by atoms with van der Waals surface area (Å²) in [4.78, 5) is 23.2. The molecule has 0 saturated carbocycles. The lowest BCUT2D eigenvalue weighted by atomic mass is 9.87. The van der Waals surface area contributed by atoms with Crippen molar-refractivity contribution in [2.24, 2.45) is 0 Å². The van der Waals surface area contributed by atoms with Crippen molar-refractivity contribution in [3.05, 3.63) is 18.5 Å². The Morgan fingerprint density at radius 3 is 2.25 bits per heavy atom. The van der Waals surface area contributed by atoms with Crippen LogP contribution in [0, 0.1) is 0 Å². The highest BCUT2D eigenvalue weighted by Gasteiger charge is 2.49. The van der Waals surface area contributed by atoms with Crippen LogP contribution in [0.3, 0.4) is 0 Å². The topological polar surface area (TPSA) is 75.4 Å². The number of likely N-dealkylation sites (tertiary alicyclic amines) is 1. The van der Waals surface area contributed by atoms with Crippen LogP contribution in [0.2, 0.25) is 0 Å². The van der Waals surface area contributed by atoms with Gasteiger partial charge in [-0.3, -0.25) is 9.48 Å². The van der Waals surface area contributed by atoms with Crippen LogP contribution in [0.1, 0.15) is 12.8 Å². The largest absolute Gasteiger partial charge is 0.479 e. The summed E-state index contributed by atoms with van der Waals surface area (Å²) in [6.45, 7) is -0.547. The van der Waals surface area contributed by atoms with Crippen LogP contribution in [0.4, 0.5) is 13.2 Å². The minimum absolute atomic E-state index is 0.119. The predicted octanol–water partition coefficient (Wildman–Crippen LogP) is 0.848. The number of hydrogen-bond donors (Lipinski definition) is 1. The normalized spacial score (nSPS) is 18.9. The number of halogens is 3. The highest BCUT2D eigenvalue weighted by Crippen LogP contribution is 2.31. The maximum atomic E-state index is 12.3. The first kappa shape index (κ1) is 14.4. The molecule has 0 spiro atoms. The molecule has 1 fully saturated rings. The van der Waals surface area contributed by atoms with E-state index >= 15 is 0 Å². The molecule has 1 aliphatic heterocycles. The number of carbonyl (C=O) groups excluding carboxylic acids is 1. The number of aromatic nitrogens is 2. The molecular weight excluding hydrogens is 279 g/mol. The van der Waals surface area contributed by atoms with Crippen LogP contribution >= 0.6 is 0 Å². The van der Waals surface area contributed by atoms with Crippen LogP contribution in [-0.2, 0) is 15.1 Å². The van der Waals surface area contributed by atoms with Gasteiger partial charge >= 0.3 is 18.1 Å². The van der Waals surface area contributed by atoms with E-state index in [0.29, 0.717) is 4.90 Å². The Bertz CT molecular complexity index is 505. The predicted molar refractivity (Wildman–Crippen MR) is 59.7 cm³/mol. The number of amides is 1. The van der Waals surface area contributed by atoms with E-state index in [4.69, 9.17) is 0 Å². The van der Waals surface area contributed by atoms with Gasteiger partial charge in [-0.25, -0.2) is 4.79 Å². The van der Waals surface area contributed by atoms with E-state index in [-0.39, 0.29) is 25.9 Å². The van der Waals surface area contributed by atoms with Gasteiger partial charge in [-0.1, -0.05) is 0 Å². The van der Waals surface area contributed by atoms with Gasteiger partial charge in [0.2, 0.25) is 0 Å². The van der Waals surface area contributed by atoms with E-state index in [1.807, 2.05) is 0 Å². The summed E-state index contributed by atoms with van der Waals surface area (Å²) in [7, 11) is 0. The molecule has 1 aromatic heterocycles. The number of aliphatic carboxylic acids is 1. The summed E-state index contributed by atoms with van der Waals surface area (Å²) < 4.78 is 38.2. The molecule has 0 bridgehead atoms. The van der Waals surface area contributed by atoms with Crippen LogP contribution < -0.4 is 0 Å². The quantitative estimate of drug-likeness (QED) is 0.876. The molecule has 0 radical (unpaired) electrons. The number of carboxylic acid groups (broad SMARTS) is 1. The lowest BCUT2D eigenvalue weighted by Crippen LogP contribution is -2.54. The number of carboxylic acids is 1. The molecule has 0 aliphatic carbocycles. The van der Waals surface area contributed by atoms with Crippen molar-refractivity contribution in [1.82, 2.24) is 14.7 Å². The van der Waals surface area contributed by atoms with Crippen LogP contribution in [0.5, 0.6) is 0 Å². The Hall–Kier alpha value is -2.06. The molecule has 0 aromatic carbocycles. The average Bonchev–Trinajstić information content (AvgIpc) is 2.91. The number of nitrogens with zero attached hydrogens (tertiary/aromatic N) is 3. The maximum absolute atomic E-state index is 12.3. The molecule has 6 nitrogen and oxygen atoms in total. The second-order valence-electron chi connectivity index (χ2n) is 4.58. The van der Waals surface area contributed by atoms with E-state index in [2.05, 4.69) is 5.10 Å². The zero-order valence-electron chi connectivity index (χ0n) is 10.3. The lowest BCUT2D eigenvalue weighted by Gasteiger charge is -2.39.